The maximum absolute atomic E-state index is 13.6. The van der Waals surface area contributed by atoms with Crippen LogP contribution in [0.25, 0.3) is 0 Å². The van der Waals surface area contributed by atoms with Crippen LogP contribution in [-0.2, 0) is 19.8 Å². The van der Waals surface area contributed by atoms with E-state index in [9.17, 15) is 4.79 Å². The molecule has 4 bridgehead atoms. The molecule has 0 N–H and O–H groups in total. The Hall–Kier alpha value is -1.92. The van der Waals surface area contributed by atoms with Gasteiger partial charge < -0.3 is 9.47 Å². The molecule has 4 heterocycles. The van der Waals surface area contributed by atoms with Crippen molar-refractivity contribution in [3.8, 4) is 5.75 Å². The first kappa shape index (κ1) is 16.3. The van der Waals surface area contributed by atoms with Crippen LogP contribution in [0.5, 0.6) is 5.75 Å². The van der Waals surface area contributed by atoms with Crippen molar-refractivity contribution < 1.29 is 19.1 Å². The highest BCUT2D eigenvalue weighted by Crippen LogP contribution is 2.57. The minimum absolute atomic E-state index is 0.0327. The molecule has 138 valence electrons. The van der Waals surface area contributed by atoms with Crippen molar-refractivity contribution in [1.82, 2.24) is 0 Å². The van der Waals surface area contributed by atoms with Crippen molar-refractivity contribution in [3.63, 3.8) is 0 Å². The van der Waals surface area contributed by atoms with Crippen LogP contribution in [0, 0.1) is 11.8 Å². The Morgan fingerprint density at radius 1 is 1.38 bits per heavy atom. The summed E-state index contributed by atoms with van der Waals surface area (Å²) in [6.07, 6.45) is 2.41. The zero-order valence-electron chi connectivity index (χ0n) is 15.4. The van der Waals surface area contributed by atoms with Gasteiger partial charge in [-0.2, -0.15) is 5.06 Å². The predicted octanol–water partition coefficient (Wildman–Crippen LogP) is 2.50. The Kier molecular flexibility index (Phi) is 3.46. The van der Waals surface area contributed by atoms with E-state index in [4.69, 9.17) is 19.3 Å². The third-order valence-electron chi connectivity index (χ3n) is 6.82. The summed E-state index contributed by atoms with van der Waals surface area (Å²) >= 11 is 0. The van der Waals surface area contributed by atoms with Gasteiger partial charge in [-0.05, 0) is 30.9 Å². The first-order valence-electron chi connectivity index (χ1n) is 9.39. The van der Waals surface area contributed by atoms with Gasteiger partial charge in [-0.25, -0.2) is 0 Å². The normalized spacial score (nSPS) is 37.1. The quantitative estimate of drug-likeness (QED) is 0.835. The molecule has 1 saturated carbocycles. The van der Waals surface area contributed by atoms with Gasteiger partial charge in [0, 0.05) is 23.6 Å². The second kappa shape index (κ2) is 5.54. The summed E-state index contributed by atoms with van der Waals surface area (Å²) in [5.41, 5.74) is 2.35. The van der Waals surface area contributed by atoms with E-state index in [1.165, 1.54) is 17.9 Å². The molecule has 1 amide bonds. The van der Waals surface area contributed by atoms with Crippen LogP contribution in [0.4, 0.5) is 5.69 Å². The number of hydrogen-bond acceptors (Lipinski definition) is 5. The first-order valence-corrected chi connectivity index (χ1v) is 9.39. The number of hydroxylamine groups is 1. The average molecular weight is 356 g/mol. The van der Waals surface area contributed by atoms with Crippen LogP contribution in [0.1, 0.15) is 31.7 Å². The van der Waals surface area contributed by atoms with Gasteiger partial charge >= 0.3 is 0 Å². The fraction of sp³-hybridized carbons (Fsp3) is 0.600. The number of ether oxygens (including phenoxy) is 2. The molecule has 1 aromatic carbocycles. The Balaban J connectivity index is 1.68. The molecule has 6 rings (SSSR count). The van der Waals surface area contributed by atoms with Crippen molar-refractivity contribution in [3.05, 3.63) is 23.8 Å². The Bertz CT molecular complexity index is 807. The molecule has 5 aliphatic rings. The van der Waals surface area contributed by atoms with Crippen molar-refractivity contribution >= 4 is 17.3 Å². The molecule has 2 saturated heterocycles. The number of hydrogen-bond donors (Lipinski definition) is 0. The maximum Gasteiger partial charge on any atom is 0.264 e. The minimum Gasteiger partial charge on any atom is -0.497 e. The summed E-state index contributed by atoms with van der Waals surface area (Å²) in [7, 11) is 3.16. The second-order valence-electron chi connectivity index (χ2n) is 7.71. The number of rotatable bonds is 3. The van der Waals surface area contributed by atoms with Crippen LogP contribution in [-0.4, -0.2) is 44.6 Å². The molecule has 26 heavy (non-hydrogen) atoms. The van der Waals surface area contributed by atoms with Crippen molar-refractivity contribution in [1.29, 1.82) is 0 Å². The van der Waals surface area contributed by atoms with Gasteiger partial charge in [0.15, 0.2) is 0 Å². The fourth-order valence-electron chi connectivity index (χ4n) is 5.62. The number of carbonyl (C=O) groups excluding carboxylic acids is 1. The Morgan fingerprint density at radius 3 is 2.96 bits per heavy atom. The van der Waals surface area contributed by atoms with E-state index >= 15 is 0 Å². The summed E-state index contributed by atoms with van der Waals surface area (Å²) in [4.78, 5) is 24.1. The van der Waals surface area contributed by atoms with Crippen molar-refractivity contribution in [2.24, 2.45) is 16.8 Å². The lowest BCUT2D eigenvalue weighted by Crippen LogP contribution is -2.51. The minimum atomic E-state index is -0.714. The molecule has 0 aromatic heterocycles. The van der Waals surface area contributed by atoms with Gasteiger partial charge in [0.05, 0.1) is 38.7 Å². The number of carbonyl (C=O) groups is 1. The highest BCUT2D eigenvalue weighted by molar-refractivity contribution is 6.08. The molecular formula is C20H24N2O4. The van der Waals surface area contributed by atoms with E-state index in [1.807, 2.05) is 18.2 Å². The van der Waals surface area contributed by atoms with Gasteiger partial charge in [-0.1, -0.05) is 13.0 Å². The number of aliphatic imine (C=N–C) groups is 1. The first-order chi connectivity index (χ1) is 12.6. The molecule has 5 atom stereocenters. The predicted molar refractivity (Wildman–Crippen MR) is 96.6 cm³/mol. The van der Waals surface area contributed by atoms with E-state index in [-0.39, 0.29) is 18.1 Å². The molecule has 4 aliphatic heterocycles. The molecule has 3 fully saturated rings. The number of anilines is 1. The summed E-state index contributed by atoms with van der Waals surface area (Å²) in [5.74, 6) is 1.54. The number of benzene rings is 1. The Labute approximate surface area is 153 Å². The van der Waals surface area contributed by atoms with Crippen LogP contribution >= 0.6 is 0 Å². The standard InChI is InChI=1S/C20H24N2O4/c1-4-15-12-8-18-20(9-16(21-15)13(12)10-26-18)14-6-5-11(24-2)7-17(14)22(25-3)19(20)23/h5-7,12-13,16,18H,4,8-10H2,1-3H3. The van der Waals surface area contributed by atoms with Gasteiger partial charge in [0.25, 0.3) is 5.91 Å². The molecule has 1 aromatic rings. The van der Waals surface area contributed by atoms with Crippen LogP contribution in [0.2, 0.25) is 0 Å². The summed E-state index contributed by atoms with van der Waals surface area (Å²) in [6, 6.07) is 5.95. The fourth-order valence-corrected chi connectivity index (χ4v) is 5.62. The largest absolute Gasteiger partial charge is 0.497 e. The van der Waals surface area contributed by atoms with E-state index < -0.39 is 5.41 Å². The second-order valence-corrected chi connectivity index (χ2v) is 7.71. The van der Waals surface area contributed by atoms with Crippen LogP contribution in [0.3, 0.4) is 0 Å². The topological polar surface area (TPSA) is 60.4 Å². The lowest BCUT2D eigenvalue weighted by Gasteiger charge is -2.38. The number of methoxy groups -OCH3 is 1. The zero-order valence-corrected chi connectivity index (χ0v) is 15.4. The zero-order chi connectivity index (χ0) is 18.1. The SMILES string of the molecule is CCC1=NC2CC3(C(=O)N(OC)c4cc(OC)ccc43)C3CC1C2CO3. The molecule has 5 unspecified atom stereocenters. The molecule has 0 radical (unpaired) electrons. The van der Waals surface area contributed by atoms with Gasteiger partial charge in [-0.3, -0.25) is 14.6 Å². The van der Waals surface area contributed by atoms with Crippen LogP contribution in [0.15, 0.2) is 23.2 Å². The third kappa shape index (κ3) is 1.84. The lowest BCUT2D eigenvalue weighted by atomic mass is 9.71. The van der Waals surface area contributed by atoms with Crippen molar-refractivity contribution in [2.45, 2.75) is 43.7 Å². The smallest absolute Gasteiger partial charge is 0.264 e. The number of amides is 1. The van der Waals surface area contributed by atoms with Crippen LogP contribution < -0.4 is 9.80 Å². The number of fused-ring (bicyclic) bond motifs is 2. The third-order valence-corrected chi connectivity index (χ3v) is 6.82. The average Bonchev–Trinajstić information content (AvgIpc) is 3.01. The summed E-state index contributed by atoms with van der Waals surface area (Å²) in [5, 5.41) is 1.41. The Morgan fingerprint density at radius 2 is 2.23 bits per heavy atom. The van der Waals surface area contributed by atoms with E-state index in [1.54, 1.807) is 7.11 Å². The maximum atomic E-state index is 13.6. The van der Waals surface area contributed by atoms with Gasteiger partial charge in [-0.15, -0.1) is 0 Å². The van der Waals surface area contributed by atoms with Gasteiger partial charge in [0.2, 0.25) is 0 Å². The van der Waals surface area contributed by atoms with Crippen molar-refractivity contribution in [2.75, 3.05) is 25.9 Å². The van der Waals surface area contributed by atoms with E-state index in [0.717, 1.165) is 24.1 Å². The molecular weight excluding hydrogens is 332 g/mol. The monoisotopic (exact) mass is 356 g/mol. The lowest BCUT2D eigenvalue weighted by molar-refractivity contribution is -0.137. The molecule has 6 heteroatoms. The summed E-state index contributed by atoms with van der Waals surface area (Å²) < 4.78 is 11.6. The van der Waals surface area contributed by atoms with E-state index in [0.29, 0.717) is 30.6 Å². The highest BCUT2D eigenvalue weighted by Gasteiger charge is 2.64. The highest BCUT2D eigenvalue weighted by atomic mass is 16.7. The summed E-state index contributed by atoms with van der Waals surface area (Å²) in [6.45, 7) is 2.87. The number of nitrogens with zero attached hydrogens (tertiary/aromatic N) is 2. The molecule has 6 nitrogen and oxygen atoms in total. The van der Waals surface area contributed by atoms with E-state index in [2.05, 4.69) is 6.92 Å². The van der Waals surface area contributed by atoms with Gasteiger partial charge in [0.1, 0.15) is 11.2 Å². The molecule has 1 spiro atoms. The molecule has 1 aliphatic carbocycles.